The number of carbonyl (C=O) groups excluding carboxylic acids is 2. The van der Waals surface area contributed by atoms with Crippen molar-refractivity contribution in [3.8, 4) is 0 Å². The van der Waals surface area contributed by atoms with Crippen LogP contribution >= 0.6 is 0 Å². The highest BCUT2D eigenvalue weighted by molar-refractivity contribution is 6.90. The summed E-state index contributed by atoms with van der Waals surface area (Å²) in [5.74, 6) is -0.905. The molecule has 0 rings (SSSR count). The van der Waals surface area contributed by atoms with Crippen LogP contribution in [0.1, 0.15) is 13.3 Å². The van der Waals surface area contributed by atoms with Gasteiger partial charge in [-0.25, -0.2) is 4.79 Å². The molecule has 0 saturated heterocycles. The Balaban J connectivity index is 5.04. The molecule has 0 spiro atoms. The largest absolute Gasteiger partial charge is 0.469 e. The average Bonchev–Trinajstić information content (AvgIpc) is 2.43. The molecule has 0 unspecified atom stereocenters. The molecule has 7 nitrogen and oxygen atoms in total. The fourth-order valence-corrected chi connectivity index (χ4v) is 17.1. The van der Waals surface area contributed by atoms with E-state index in [-0.39, 0.29) is 18.1 Å². The number of carbonyl (C=O) groups is 2. The first-order chi connectivity index (χ1) is 12.8. The maximum Gasteiger partial charge on any atom is 0.469 e. The Hall–Kier alpha value is -0.572. The molecule has 0 aromatic carbocycles. The van der Waals surface area contributed by atoms with Gasteiger partial charge in [-0.3, -0.25) is 4.79 Å². The zero-order valence-electron chi connectivity index (χ0n) is 20.0. The van der Waals surface area contributed by atoms with E-state index < -0.39 is 39.7 Å². The molecular weight excluding hydrogens is 439 g/mol. The molecule has 29 heavy (non-hydrogen) atoms. The number of esters is 1. The van der Waals surface area contributed by atoms with E-state index >= 15 is 0 Å². The number of rotatable bonds is 13. The van der Waals surface area contributed by atoms with Crippen molar-refractivity contribution in [3.63, 3.8) is 0 Å². The summed E-state index contributed by atoms with van der Waals surface area (Å²) in [4.78, 5) is 23.3. The standard InChI is InChI=1S/C18H41NO6Si4/c1-16(2)18(21)22-15-17(20)19-13-12-14-29(23-26(3,4)5,24-27(6,7)8)25-28(9,10)11/h1,12-15H2,2-11H3,(H,19,20). The highest BCUT2D eigenvalue weighted by Crippen LogP contribution is 2.29. The zero-order valence-corrected chi connectivity index (χ0v) is 24.0. The Labute approximate surface area is 181 Å². The molecule has 0 aliphatic carbocycles. The molecule has 170 valence electrons. The van der Waals surface area contributed by atoms with Crippen LogP contribution in [0.4, 0.5) is 0 Å². The van der Waals surface area contributed by atoms with E-state index in [1.807, 2.05) is 0 Å². The number of ether oxygens (including phenoxy) is 1. The van der Waals surface area contributed by atoms with Crippen molar-refractivity contribution in [3.05, 3.63) is 12.2 Å². The summed E-state index contributed by atoms with van der Waals surface area (Å²) in [6, 6.07) is 0.650. The summed E-state index contributed by atoms with van der Waals surface area (Å²) < 4.78 is 24.7. The minimum Gasteiger partial charge on any atom is -0.452 e. The fourth-order valence-electron chi connectivity index (χ4n) is 2.45. The normalized spacial score (nSPS) is 13.2. The summed E-state index contributed by atoms with van der Waals surface area (Å²) in [6.07, 6.45) is 0.672. The Morgan fingerprint density at radius 2 is 1.24 bits per heavy atom. The van der Waals surface area contributed by atoms with Crippen LogP contribution in [0.5, 0.6) is 0 Å². The van der Waals surface area contributed by atoms with Crippen molar-refractivity contribution in [1.82, 2.24) is 5.32 Å². The molecule has 1 N–H and O–H groups in total. The van der Waals surface area contributed by atoms with E-state index in [1.165, 1.54) is 0 Å². The molecule has 0 aliphatic heterocycles. The van der Waals surface area contributed by atoms with Crippen LogP contribution in [-0.2, 0) is 26.7 Å². The van der Waals surface area contributed by atoms with E-state index in [4.69, 9.17) is 17.1 Å². The molecule has 11 heteroatoms. The molecule has 0 fully saturated rings. The highest BCUT2D eigenvalue weighted by Gasteiger charge is 2.49. The average molecular weight is 480 g/mol. The molecule has 0 radical (unpaired) electrons. The molecule has 0 saturated carbocycles. The number of amides is 1. The predicted molar refractivity (Wildman–Crippen MR) is 127 cm³/mol. The van der Waals surface area contributed by atoms with E-state index in [0.717, 1.165) is 0 Å². The van der Waals surface area contributed by atoms with Crippen LogP contribution < -0.4 is 5.32 Å². The van der Waals surface area contributed by atoms with Crippen LogP contribution in [0, 0.1) is 0 Å². The minimum atomic E-state index is -2.89. The van der Waals surface area contributed by atoms with Gasteiger partial charge in [-0.05, 0) is 72.3 Å². The lowest BCUT2D eigenvalue weighted by atomic mass is 10.4. The second-order valence-electron chi connectivity index (χ2n) is 10.1. The van der Waals surface area contributed by atoms with Gasteiger partial charge in [0.25, 0.3) is 5.91 Å². The van der Waals surface area contributed by atoms with Gasteiger partial charge in [0.15, 0.2) is 31.6 Å². The van der Waals surface area contributed by atoms with Gasteiger partial charge in [-0.1, -0.05) is 6.58 Å². The summed E-state index contributed by atoms with van der Waals surface area (Å²) in [5, 5.41) is 2.78. The fraction of sp³-hybridized carbons (Fsp3) is 0.778. The second kappa shape index (κ2) is 11.2. The topological polar surface area (TPSA) is 83.1 Å². The molecule has 0 heterocycles. The Morgan fingerprint density at radius 3 is 1.59 bits per heavy atom. The van der Waals surface area contributed by atoms with Gasteiger partial charge in [0.05, 0.1) is 0 Å². The second-order valence-corrected chi connectivity index (χ2v) is 27.1. The first-order valence-electron chi connectivity index (χ1n) is 10.0. The maximum absolute atomic E-state index is 11.9. The van der Waals surface area contributed by atoms with Crippen molar-refractivity contribution in [2.24, 2.45) is 0 Å². The third-order valence-corrected chi connectivity index (χ3v) is 15.1. The van der Waals surface area contributed by atoms with Gasteiger partial charge >= 0.3 is 14.8 Å². The van der Waals surface area contributed by atoms with E-state index in [2.05, 4.69) is 70.8 Å². The van der Waals surface area contributed by atoms with Crippen molar-refractivity contribution < 1.29 is 26.7 Å². The van der Waals surface area contributed by atoms with Crippen molar-refractivity contribution in [2.45, 2.75) is 78.3 Å². The minimum absolute atomic E-state index is 0.268. The highest BCUT2D eigenvalue weighted by atomic mass is 28.5. The van der Waals surface area contributed by atoms with Gasteiger partial charge in [0.1, 0.15) is 0 Å². The van der Waals surface area contributed by atoms with Gasteiger partial charge < -0.3 is 22.4 Å². The lowest BCUT2D eigenvalue weighted by Crippen LogP contribution is -2.60. The predicted octanol–water partition coefficient (Wildman–Crippen LogP) is 4.11. The number of hydrogen-bond acceptors (Lipinski definition) is 6. The SMILES string of the molecule is C=C(C)C(=O)OCC(=O)NCCC[Si](O[Si](C)(C)C)(O[Si](C)(C)C)O[Si](C)(C)C. The Kier molecular flexibility index (Phi) is 10.9. The molecule has 0 atom stereocenters. The molecule has 1 amide bonds. The van der Waals surface area contributed by atoms with Crippen LogP contribution in [0.3, 0.4) is 0 Å². The zero-order chi connectivity index (χ0) is 23.1. The van der Waals surface area contributed by atoms with Crippen LogP contribution in [0.25, 0.3) is 0 Å². The van der Waals surface area contributed by atoms with Gasteiger partial charge in [-0.15, -0.1) is 0 Å². The first-order valence-corrected chi connectivity index (χ1v) is 22.2. The smallest absolute Gasteiger partial charge is 0.452 e. The lowest BCUT2D eigenvalue weighted by molar-refractivity contribution is -0.144. The van der Waals surface area contributed by atoms with E-state index in [9.17, 15) is 9.59 Å². The monoisotopic (exact) mass is 479 g/mol. The van der Waals surface area contributed by atoms with Crippen molar-refractivity contribution >= 4 is 45.6 Å². The Bertz CT molecular complexity index is 538. The van der Waals surface area contributed by atoms with Gasteiger partial charge in [0, 0.05) is 18.2 Å². The van der Waals surface area contributed by atoms with Gasteiger partial charge in [-0.2, -0.15) is 0 Å². The summed E-state index contributed by atoms with van der Waals surface area (Å²) in [5.41, 5.74) is 0.268. The quantitative estimate of drug-likeness (QED) is 0.185. The van der Waals surface area contributed by atoms with Crippen LogP contribution in [0.2, 0.25) is 65.0 Å². The Morgan fingerprint density at radius 1 is 0.828 bits per heavy atom. The van der Waals surface area contributed by atoms with Crippen LogP contribution in [-0.4, -0.2) is 58.8 Å². The first kappa shape index (κ1) is 28.4. The molecule has 0 aliphatic rings. The summed E-state index contributed by atoms with van der Waals surface area (Å²) in [7, 11) is -8.61. The number of nitrogens with one attached hydrogen (secondary N) is 1. The summed E-state index contributed by atoms with van der Waals surface area (Å²) >= 11 is 0. The van der Waals surface area contributed by atoms with Gasteiger partial charge in [0.2, 0.25) is 0 Å². The molecule has 0 aromatic heterocycles. The van der Waals surface area contributed by atoms with E-state index in [1.54, 1.807) is 6.92 Å². The number of hydrogen-bond donors (Lipinski definition) is 1. The van der Waals surface area contributed by atoms with Crippen molar-refractivity contribution in [2.75, 3.05) is 13.2 Å². The van der Waals surface area contributed by atoms with Crippen molar-refractivity contribution in [1.29, 1.82) is 0 Å². The third-order valence-electron chi connectivity index (χ3n) is 3.05. The lowest BCUT2D eigenvalue weighted by Gasteiger charge is -2.43. The summed E-state index contributed by atoms with van der Waals surface area (Å²) in [6.45, 7) is 24.5. The van der Waals surface area contributed by atoms with Crippen LogP contribution in [0.15, 0.2) is 12.2 Å². The molecule has 0 aromatic rings. The van der Waals surface area contributed by atoms with E-state index in [0.29, 0.717) is 19.0 Å². The third kappa shape index (κ3) is 15.0. The molecule has 0 bridgehead atoms. The molecular formula is C18H41NO6Si4. The maximum atomic E-state index is 11.9.